The average molecular weight is 300 g/mol. The molecule has 0 saturated carbocycles. The molecule has 1 heterocycles. The van der Waals surface area contributed by atoms with Gasteiger partial charge in [0.15, 0.2) is 0 Å². The fourth-order valence-corrected chi connectivity index (χ4v) is 2.55. The number of nitrogens with two attached hydrogens (primary N) is 1. The van der Waals surface area contributed by atoms with Gasteiger partial charge in [-0.15, -0.1) is 0 Å². The van der Waals surface area contributed by atoms with Gasteiger partial charge in [0, 0.05) is 19.7 Å². The van der Waals surface area contributed by atoms with Crippen LogP contribution >= 0.6 is 0 Å². The van der Waals surface area contributed by atoms with Crippen molar-refractivity contribution < 1.29 is 19.1 Å². The maximum Gasteiger partial charge on any atom is 0.410 e. The van der Waals surface area contributed by atoms with Gasteiger partial charge in [-0.1, -0.05) is 0 Å². The normalized spacial score (nSPS) is 18.4. The summed E-state index contributed by atoms with van der Waals surface area (Å²) in [5.74, 6) is -0.0841. The largest absolute Gasteiger partial charge is 0.444 e. The fourth-order valence-electron chi connectivity index (χ4n) is 2.55. The van der Waals surface area contributed by atoms with Gasteiger partial charge in [-0.05, 0) is 46.5 Å². The van der Waals surface area contributed by atoms with Gasteiger partial charge >= 0.3 is 6.09 Å². The molecule has 1 atom stereocenters. The number of nitrogens with zero attached hydrogens (tertiary/aromatic N) is 1. The summed E-state index contributed by atoms with van der Waals surface area (Å²) in [5.41, 5.74) is 4.79. The number of rotatable bonds is 5. The second kappa shape index (κ2) is 7.64. The monoisotopic (exact) mass is 300 g/mol. The Bertz CT molecular complexity index is 357. The number of hydrogen-bond donors (Lipinski definition) is 1. The highest BCUT2D eigenvalue weighted by molar-refractivity contribution is 5.74. The Kier molecular flexibility index (Phi) is 6.45. The zero-order valence-electron chi connectivity index (χ0n) is 13.6. The molecule has 1 unspecified atom stereocenters. The first-order chi connectivity index (χ1) is 9.73. The number of carbonyl (C=O) groups is 2. The Labute approximate surface area is 126 Å². The maximum absolute atomic E-state index is 12.0. The summed E-state index contributed by atoms with van der Waals surface area (Å²) < 4.78 is 11.0. The fraction of sp³-hybridized carbons (Fsp3) is 0.867. The summed E-state index contributed by atoms with van der Waals surface area (Å²) in [6.07, 6.45) is 1.43. The zero-order chi connectivity index (χ0) is 16.0. The number of likely N-dealkylation sites (tertiary alicyclic amines) is 1. The van der Waals surface area contributed by atoms with E-state index in [2.05, 4.69) is 0 Å². The van der Waals surface area contributed by atoms with Crippen molar-refractivity contribution in [3.8, 4) is 0 Å². The third-order valence-corrected chi connectivity index (χ3v) is 3.50. The van der Waals surface area contributed by atoms with Gasteiger partial charge in [-0.3, -0.25) is 4.79 Å². The first-order valence-electron chi connectivity index (χ1n) is 7.60. The lowest BCUT2D eigenvalue weighted by atomic mass is 9.89. The van der Waals surface area contributed by atoms with Crippen molar-refractivity contribution in [1.82, 2.24) is 4.90 Å². The number of hydrogen-bond acceptors (Lipinski definition) is 4. The first-order valence-corrected chi connectivity index (χ1v) is 7.60. The van der Waals surface area contributed by atoms with E-state index in [1.165, 1.54) is 0 Å². The van der Waals surface area contributed by atoms with Gasteiger partial charge < -0.3 is 20.1 Å². The molecular weight excluding hydrogens is 272 g/mol. The summed E-state index contributed by atoms with van der Waals surface area (Å²) >= 11 is 0. The van der Waals surface area contributed by atoms with E-state index >= 15 is 0 Å². The molecule has 1 aliphatic rings. The van der Waals surface area contributed by atoms with Crippen molar-refractivity contribution in [2.75, 3.05) is 19.7 Å². The van der Waals surface area contributed by atoms with E-state index in [0.29, 0.717) is 19.7 Å². The minimum absolute atomic E-state index is 0.145. The summed E-state index contributed by atoms with van der Waals surface area (Å²) in [7, 11) is 0. The van der Waals surface area contributed by atoms with E-state index in [0.717, 1.165) is 12.8 Å². The SMILES string of the molecule is CCOC(CC(N)=O)C1CCN(C(=O)OC(C)(C)C)CC1. The minimum Gasteiger partial charge on any atom is -0.444 e. The van der Waals surface area contributed by atoms with E-state index in [1.807, 2.05) is 27.7 Å². The molecule has 2 amide bonds. The third kappa shape index (κ3) is 6.33. The van der Waals surface area contributed by atoms with Crippen LogP contribution in [0.25, 0.3) is 0 Å². The highest BCUT2D eigenvalue weighted by atomic mass is 16.6. The average Bonchev–Trinajstić information content (AvgIpc) is 2.36. The Balaban J connectivity index is 2.49. The van der Waals surface area contributed by atoms with Crippen molar-refractivity contribution in [2.45, 2.75) is 58.7 Å². The molecule has 0 bridgehead atoms. The topological polar surface area (TPSA) is 81.9 Å². The number of primary amides is 1. The highest BCUT2D eigenvalue weighted by Crippen LogP contribution is 2.25. The number of ether oxygens (including phenoxy) is 2. The first kappa shape index (κ1) is 17.8. The minimum atomic E-state index is -0.478. The van der Waals surface area contributed by atoms with Crippen LogP contribution in [0.15, 0.2) is 0 Å². The molecule has 122 valence electrons. The van der Waals surface area contributed by atoms with Crippen molar-refractivity contribution in [3.05, 3.63) is 0 Å². The molecular formula is C15H28N2O4. The van der Waals surface area contributed by atoms with Crippen molar-refractivity contribution in [3.63, 3.8) is 0 Å². The second-order valence-electron chi connectivity index (χ2n) is 6.47. The third-order valence-electron chi connectivity index (χ3n) is 3.50. The van der Waals surface area contributed by atoms with E-state index in [-0.39, 0.29) is 30.4 Å². The summed E-state index contributed by atoms with van der Waals surface area (Å²) in [5, 5.41) is 0. The molecule has 0 aromatic carbocycles. The Morgan fingerprint density at radius 1 is 1.29 bits per heavy atom. The molecule has 1 aliphatic heterocycles. The van der Waals surface area contributed by atoms with Crippen LogP contribution in [0, 0.1) is 5.92 Å². The number of carbonyl (C=O) groups excluding carboxylic acids is 2. The lowest BCUT2D eigenvalue weighted by molar-refractivity contribution is -0.122. The highest BCUT2D eigenvalue weighted by Gasteiger charge is 2.31. The van der Waals surface area contributed by atoms with E-state index < -0.39 is 5.60 Å². The van der Waals surface area contributed by atoms with Gasteiger partial charge in [0.1, 0.15) is 5.60 Å². The summed E-state index contributed by atoms with van der Waals surface area (Å²) in [6, 6.07) is 0. The summed E-state index contributed by atoms with van der Waals surface area (Å²) in [4.78, 5) is 24.8. The van der Waals surface area contributed by atoms with Crippen LogP contribution in [-0.4, -0.2) is 48.3 Å². The van der Waals surface area contributed by atoms with Crippen molar-refractivity contribution in [2.24, 2.45) is 11.7 Å². The molecule has 1 saturated heterocycles. The second-order valence-corrected chi connectivity index (χ2v) is 6.47. The van der Waals surface area contributed by atoms with Crippen molar-refractivity contribution >= 4 is 12.0 Å². The van der Waals surface area contributed by atoms with Gasteiger partial charge in [0.25, 0.3) is 0 Å². The Morgan fingerprint density at radius 3 is 2.29 bits per heavy atom. The number of piperidine rings is 1. The molecule has 0 aliphatic carbocycles. The molecule has 6 nitrogen and oxygen atoms in total. The smallest absolute Gasteiger partial charge is 0.410 e. The molecule has 0 aromatic heterocycles. The lowest BCUT2D eigenvalue weighted by Gasteiger charge is -2.36. The molecule has 1 rings (SSSR count). The van der Waals surface area contributed by atoms with Gasteiger partial charge in [-0.25, -0.2) is 4.79 Å². The quantitative estimate of drug-likeness (QED) is 0.841. The van der Waals surface area contributed by atoms with Crippen LogP contribution in [0.2, 0.25) is 0 Å². The van der Waals surface area contributed by atoms with E-state index in [1.54, 1.807) is 4.90 Å². The predicted molar refractivity (Wildman–Crippen MR) is 79.8 cm³/mol. The zero-order valence-corrected chi connectivity index (χ0v) is 13.6. The predicted octanol–water partition coefficient (Wildman–Crippen LogP) is 1.91. The maximum atomic E-state index is 12.0. The van der Waals surface area contributed by atoms with Gasteiger partial charge in [-0.2, -0.15) is 0 Å². The van der Waals surface area contributed by atoms with Crippen LogP contribution in [0.3, 0.4) is 0 Å². The molecule has 1 fully saturated rings. The number of amides is 2. The van der Waals surface area contributed by atoms with E-state index in [4.69, 9.17) is 15.2 Å². The molecule has 0 radical (unpaired) electrons. The standard InChI is InChI=1S/C15H28N2O4/c1-5-20-12(10-13(16)18)11-6-8-17(9-7-11)14(19)21-15(2,3)4/h11-12H,5-10H2,1-4H3,(H2,16,18). The van der Waals surface area contributed by atoms with Crippen LogP contribution in [0.1, 0.15) is 47.0 Å². The summed E-state index contributed by atoms with van der Waals surface area (Å²) in [6.45, 7) is 9.29. The molecule has 21 heavy (non-hydrogen) atoms. The molecule has 0 spiro atoms. The van der Waals surface area contributed by atoms with Crippen LogP contribution in [-0.2, 0) is 14.3 Å². The molecule has 6 heteroatoms. The van der Waals surface area contributed by atoms with Crippen LogP contribution in [0.4, 0.5) is 4.79 Å². The Morgan fingerprint density at radius 2 is 1.86 bits per heavy atom. The lowest BCUT2D eigenvalue weighted by Crippen LogP contribution is -2.44. The van der Waals surface area contributed by atoms with E-state index in [9.17, 15) is 9.59 Å². The van der Waals surface area contributed by atoms with Gasteiger partial charge in [0.05, 0.1) is 12.5 Å². The molecule has 0 aromatic rings. The van der Waals surface area contributed by atoms with Crippen LogP contribution in [0.5, 0.6) is 0 Å². The van der Waals surface area contributed by atoms with Gasteiger partial charge in [0.2, 0.25) is 5.91 Å². The van der Waals surface area contributed by atoms with Crippen molar-refractivity contribution in [1.29, 1.82) is 0 Å². The Hall–Kier alpha value is -1.30. The molecule has 2 N–H and O–H groups in total. The van der Waals surface area contributed by atoms with Crippen LogP contribution < -0.4 is 5.73 Å².